The van der Waals surface area contributed by atoms with Gasteiger partial charge in [0, 0.05) is 12.7 Å². The van der Waals surface area contributed by atoms with Gasteiger partial charge >= 0.3 is 5.69 Å². The molecule has 0 aliphatic carbocycles. The van der Waals surface area contributed by atoms with Crippen LogP contribution in [0, 0.1) is 0 Å². The SMILES string of the molecule is CCCCC/C=C/n1c(Cl)c(CC)c(=O)n(CCCCCCCC)c1=O. The van der Waals surface area contributed by atoms with Gasteiger partial charge in [-0.05, 0) is 25.7 Å². The molecule has 0 amide bonds. The van der Waals surface area contributed by atoms with Gasteiger partial charge in [0.25, 0.3) is 5.56 Å². The van der Waals surface area contributed by atoms with Crippen molar-refractivity contribution in [2.24, 2.45) is 0 Å². The van der Waals surface area contributed by atoms with Crippen molar-refractivity contribution in [1.29, 1.82) is 0 Å². The minimum atomic E-state index is -0.322. The molecule has 26 heavy (non-hydrogen) atoms. The third-order valence-electron chi connectivity index (χ3n) is 4.72. The number of aromatic nitrogens is 2. The van der Waals surface area contributed by atoms with Gasteiger partial charge in [0.05, 0.1) is 5.56 Å². The number of unbranched alkanes of at least 4 members (excludes halogenated alkanes) is 8. The van der Waals surface area contributed by atoms with Gasteiger partial charge in [-0.2, -0.15) is 0 Å². The van der Waals surface area contributed by atoms with Gasteiger partial charge in [0.1, 0.15) is 5.15 Å². The van der Waals surface area contributed by atoms with E-state index in [4.69, 9.17) is 11.6 Å². The van der Waals surface area contributed by atoms with Crippen LogP contribution < -0.4 is 11.2 Å². The second kappa shape index (κ2) is 13.0. The Balaban J connectivity index is 2.94. The summed E-state index contributed by atoms with van der Waals surface area (Å²) in [6.07, 6.45) is 15.3. The van der Waals surface area contributed by atoms with E-state index in [1.165, 1.54) is 34.8 Å². The van der Waals surface area contributed by atoms with Crippen molar-refractivity contribution in [3.63, 3.8) is 0 Å². The van der Waals surface area contributed by atoms with Crippen molar-refractivity contribution in [2.45, 2.75) is 97.9 Å². The summed E-state index contributed by atoms with van der Waals surface area (Å²) in [5, 5.41) is 0.258. The van der Waals surface area contributed by atoms with Crippen LogP contribution in [-0.2, 0) is 13.0 Å². The van der Waals surface area contributed by atoms with E-state index in [0.717, 1.165) is 38.5 Å². The monoisotopic (exact) mass is 382 g/mol. The van der Waals surface area contributed by atoms with Crippen LogP contribution in [0.25, 0.3) is 6.20 Å². The Labute approximate surface area is 162 Å². The maximum Gasteiger partial charge on any atom is 0.336 e. The lowest BCUT2D eigenvalue weighted by atomic mass is 10.1. The van der Waals surface area contributed by atoms with Crippen LogP contribution in [0.1, 0.15) is 90.5 Å². The van der Waals surface area contributed by atoms with Crippen molar-refractivity contribution < 1.29 is 0 Å². The van der Waals surface area contributed by atoms with Crippen LogP contribution in [-0.4, -0.2) is 9.13 Å². The van der Waals surface area contributed by atoms with Gasteiger partial charge < -0.3 is 0 Å². The van der Waals surface area contributed by atoms with E-state index in [1.54, 1.807) is 6.20 Å². The predicted molar refractivity (Wildman–Crippen MR) is 112 cm³/mol. The van der Waals surface area contributed by atoms with Crippen LogP contribution >= 0.6 is 11.6 Å². The van der Waals surface area contributed by atoms with Crippen molar-refractivity contribution in [3.05, 3.63) is 37.6 Å². The van der Waals surface area contributed by atoms with Gasteiger partial charge in [-0.1, -0.05) is 83.4 Å². The first-order chi connectivity index (χ1) is 12.6. The van der Waals surface area contributed by atoms with Crippen LogP contribution in [0.5, 0.6) is 0 Å². The minimum Gasteiger partial charge on any atom is -0.269 e. The number of nitrogens with zero attached hydrogens (tertiary/aromatic N) is 2. The van der Waals surface area contributed by atoms with E-state index in [0.29, 0.717) is 18.5 Å². The molecule has 0 radical (unpaired) electrons. The maximum absolute atomic E-state index is 12.8. The molecule has 4 nitrogen and oxygen atoms in total. The van der Waals surface area contributed by atoms with Gasteiger partial charge in [0.15, 0.2) is 0 Å². The summed E-state index contributed by atoms with van der Waals surface area (Å²) >= 11 is 6.35. The summed E-state index contributed by atoms with van der Waals surface area (Å²) in [6.45, 7) is 6.73. The van der Waals surface area contributed by atoms with E-state index in [1.807, 2.05) is 13.0 Å². The lowest BCUT2D eigenvalue weighted by Crippen LogP contribution is -2.40. The molecule has 0 saturated carbocycles. The molecule has 148 valence electrons. The maximum atomic E-state index is 12.8. The fourth-order valence-electron chi connectivity index (χ4n) is 3.06. The van der Waals surface area contributed by atoms with E-state index in [-0.39, 0.29) is 16.4 Å². The first-order valence-corrected chi connectivity index (χ1v) is 10.7. The van der Waals surface area contributed by atoms with E-state index >= 15 is 0 Å². The molecule has 0 N–H and O–H groups in total. The van der Waals surface area contributed by atoms with Gasteiger partial charge in [-0.25, -0.2) is 4.79 Å². The zero-order chi connectivity index (χ0) is 19.4. The van der Waals surface area contributed by atoms with Crippen molar-refractivity contribution >= 4 is 17.8 Å². The number of rotatable bonds is 13. The zero-order valence-electron chi connectivity index (χ0n) is 16.7. The molecular weight excluding hydrogens is 348 g/mol. The van der Waals surface area contributed by atoms with Gasteiger partial charge in [-0.15, -0.1) is 0 Å². The molecule has 0 spiro atoms. The Hall–Kier alpha value is -1.29. The highest BCUT2D eigenvalue weighted by molar-refractivity contribution is 6.30. The molecule has 1 aromatic heterocycles. The van der Waals surface area contributed by atoms with Crippen LogP contribution in [0.3, 0.4) is 0 Å². The standard InChI is InChI=1S/C21H35ClN2O2/c1-4-7-9-11-13-15-17-24-20(25)18(6-3)19(22)23(21(24)26)16-14-12-10-8-5-2/h14,16H,4-13,15,17H2,1-3H3/b16-14+. The molecule has 5 heteroatoms. The molecule has 0 unspecified atom stereocenters. The zero-order valence-corrected chi connectivity index (χ0v) is 17.5. The topological polar surface area (TPSA) is 44.0 Å². The largest absolute Gasteiger partial charge is 0.336 e. The summed E-state index contributed by atoms with van der Waals surface area (Å²) in [5.41, 5.74) is -0.0281. The Kier molecular flexibility index (Phi) is 11.3. The summed E-state index contributed by atoms with van der Waals surface area (Å²) < 4.78 is 2.80. The highest BCUT2D eigenvalue weighted by atomic mass is 35.5. The second-order valence-corrected chi connectivity index (χ2v) is 7.24. The normalized spacial score (nSPS) is 11.5. The number of hydrogen-bond donors (Lipinski definition) is 0. The quantitative estimate of drug-likeness (QED) is 0.327. The van der Waals surface area contributed by atoms with Crippen molar-refractivity contribution in [1.82, 2.24) is 9.13 Å². The number of hydrogen-bond acceptors (Lipinski definition) is 2. The lowest BCUT2D eigenvalue weighted by Gasteiger charge is -2.12. The predicted octanol–water partition coefficient (Wildman–Crippen LogP) is 5.64. The Morgan fingerprint density at radius 1 is 0.885 bits per heavy atom. The minimum absolute atomic E-state index is 0.230. The molecule has 0 bridgehead atoms. The molecule has 0 aromatic carbocycles. The second-order valence-electron chi connectivity index (χ2n) is 6.88. The fourth-order valence-corrected chi connectivity index (χ4v) is 3.41. The number of allylic oxidation sites excluding steroid dienone is 1. The molecule has 1 rings (SSSR count). The molecule has 0 aliphatic rings. The van der Waals surface area contributed by atoms with Crippen LogP contribution in [0.4, 0.5) is 0 Å². The Bertz CT molecular complexity index is 674. The van der Waals surface area contributed by atoms with Crippen LogP contribution in [0.2, 0.25) is 5.15 Å². The summed E-state index contributed by atoms with van der Waals surface area (Å²) in [4.78, 5) is 25.4. The molecule has 0 aliphatic heterocycles. The van der Waals surface area contributed by atoms with Crippen molar-refractivity contribution in [2.75, 3.05) is 0 Å². The van der Waals surface area contributed by atoms with E-state index in [9.17, 15) is 9.59 Å². The lowest BCUT2D eigenvalue weighted by molar-refractivity contribution is 0.526. The highest BCUT2D eigenvalue weighted by Gasteiger charge is 2.15. The third-order valence-corrected chi connectivity index (χ3v) is 5.13. The van der Waals surface area contributed by atoms with Crippen LogP contribution in [0.15, 0.2) is 15.7 Å². The average molecular weight is 383 g/mol. The first kappa shape index (κ1) is 22.8. The van der Waals surface area contributed by atoms with Gasteiger partial charge in [0.2, 0.25) is 0 Å². The highest BCUT2D eigenvalue weighted by Crippen LogP contribution is 2.12. The molecule has 1 aromatic rings. The summed E-state index contributed by atoms with van der Waals surface area (Å²) in [5.74, 6) is 0. The fraction of sp³-hybridized carbons (Fsp3) is 0.714. The van der Waals surface area contributed by atoms with Gasteiger partial charge in [-0.3, -0.25) is 13.9 Å². The smallest absolute Gasteiger partial charge is 0.269 e. The average Bonchev–Trinajstić information content (AvgIpc) is 2.63. The molecule has 0 fully saturated rings. The number of halogens is 1. The third kappa shape index (κ3) is 6.79. The first-order valence-electron chi connectivity index (χ1n) is 10.3. The van der Waals surface area contributed by atoms with E-state index in [2.05, 4.69) is 13.8 Å². The Morgan fingerprint density at radius 2 is 1.50 bits per heavy atom. The molecule has 0 saturated heterocycles. The summed E-state index contributed by atoms with van der Waals surface area (Å²) in [6, 6.07) is 0. The molecular formula is C21H35ClN2O2. The molecule has 0 atom stereocenters. The van der Waals surface area contributed by atoms with E-state index < -0.39 is 0 Å². The van der Waals surface area contributed by atoms with Crippen molar-refractivity contribution in [3.8, 4) is 0 Å². The Morgan fingerprint density at radius 3 is 2.15 bits per heavy atom. The molecule has 1 heterocycles. The summed E-state index contributed by atoms with van der Waals surface area (Å²) in [7, 11) is 0.